The fraction of sp³-hybridized carbons (Fsp3) is 0.696. The molecule has 2 N–H and O–H groups in total. The maximum Gasteiger partial charge on any atom is 0.333 e. The lowest BCUT2D eigenvalue weighted by molar-refractivity contribution is -0.170. The van der Waals surface area contributed by atoms with Gasteiger partial charge in [0.05, 0.1) is 15.7 Å². The van der Waals surface area contributed by atoms with Crippen LogP contribution in [0.4, 0.5) is 0 Å². The van der Waals surface area contributed by atoms with Gasteiger partial charge in [0.25, 0.3) is 0 Å². The first-order chi connectivity index (χ1) is 13.3. The topological polar surface area (TPSA) is 67.4 Å². The molecular weight excluding hydrogens is 384 g/mol. The van der Waals surface area contributed by atoms with Crippen molar-refractivity contribution in [2.75, 3.05) is 13.1 Å². The van der Waals surface area contributed by atoms with Crippen LogP contribution in [0.5, 0.6) is 0 Å². The van der Waals surface area contributed by atoms with Crippen LogP contribution >= 0.6 is 0 Å². The van der Waals surface area contributed by atoms with E-state index < -0.39 is 26.9 Å². The molecule has 1 saturated heterocycles. The minimum Gasteiger partial charge on any atom is -0.458 e. The van der Waals surface area contributed by atoms with E-state index in [-0.39, 0.29) is 11.4 Å². The molecule has 29 heavy (non-hydrogen) atoms. The largest absolute Gasteiger partial charge is 0.458 e. The summed E-state index contributed by atoms with van der Waals surface area (Å²) in [5.41, 5.74) is 1.06. The average Bonchev–Trinajstić information content (AvgIpc) is 2.83. The Kier molecular flexibility index (Phi) is 5.78. The molecule has 1 aromatic carbocycles. The Balaban J connectivity index is 2.25. The Morgan fingerprint density at radius 1 is 1.14 bits per heavy atom. The molecule has 1 aromatic rings. The summed E-state index contributed by atoms with van der Waals surface area (Å²) in [7, 11) is -1.43. The molecule has 0 aromatic heterocycles. The molecular formula is C23H36N2O3S. The van der Waals surface area contributed by atoms with Crippen molar-refractivity contribution < 1.29 is 13.7 Å². The fourth-order valence-corrected chi connectivity index (χ4v) is 5.61. The Morgan fingerprint density at radius 3 is 2.31 bits per heavy atom. The minimum atomic E-state index is -1.43. The number of nitrogens with one attached hydrogen (secondary N) is 2. The van der Waals surface area contributed by atoms with Crippen LogP contribution in [-0.2, 0) is 32.5 Å². The van der Waals surface area contributed by atoms with Crippen LogP contribution in [0.2, 0.25) is 0 Å². The third-order valence-corrected chi connectivity index (χ3v) is 7.67. The molecule has 0 saturated carbocycles. The van der Waals surface area contributed by atoms with Gasteiger partial charge in [-0.05, 0) is 91.9 Å². The molecule has 0 radical (unpaired) electrons. The van der Waals surface area contributed by atoms with Gasteiger partial charge < -0.3 is 10.1 Å². The minimum absolute atomic E-state index is 0.311. The molecule has 1 spiro atoms. The molecule has 0 amide bonds. The molecule has 162 valence electrons. The number of aryl methyl sites for hydroxylation is 1. The number of fused-ring (bicyclic) bond motifs is 1. The molecule has 1 heterocycles. The second kappa shape index (κ2) is 7.47. The lowest BCUT2D eigenvalue weighted by Gasteiger charge is -2.48. The van der Waals surface area contributed by atoms with Gasteiger partial charge in [-0.2, -0.15) is 0 Å². The molecule has 2 atom stereocenters. The first kappa shape index (κ1) is 22.4. The highest BCUT2D eigenvalue weighted by atomic mass is 32.2. The zero-order valence-electron chi connectivity index (χ0n) is 18.9. The summed E-state index contributed by atoms with van der Waals surface area (Å²) >= 11 is 0. The second-order valence-electron chi connectivity index (χ2n) is 10.6. The zero-order valence-corrected chi connectivity index (χ0v) is 19.7. The van der Waals surface area contributed by atoms with E-state index in [0.29, 0.717) is 0 Å². The highest BCUT2D eigenvalue weighted by Gasteiger charge is 2.64. The molecule has 1 fully saturated rings. The van der Waals surface area contributed by atoms with Crippen molar-refractivity contribution in [1.82, 2.24) is 10.0 Å². The summed E-state index contributed by atoms with van der Waals surface area (Å²) in [6.07, 6.45) is 2.44. The summed E-state index contributed by atoms with van der Waals surface area (Å²) in [4.78, 5) is 14.0. The van der Waals surface area contributed by atoms with Crippen molar-refractivity contribution in [2.24, 2.45) is 5.41 Å². The quantitative estimate of drug-likeness (QED) is 0.735. The van der Waals surface area contributed by atoms with Crippen molar-refractivity contribution in [1.29, 1.82) is 0 Å². The lowest BCUT2D eigenvalue weighted by atomic mass is 9.64. The lowest BCUT2D eigenvalue weighted by Crippen LogP contribution is -2.64. The smallest absolute Gasteiger partial charge is 0.333 e. The average molecular weight is 421 g/mol. The van der Waals surface area contributed by atoms with Gasteiger partial charge in [0, 0.05) is 5.41 Å². The van der Waals surface area contributed by atoms with E-state index in [1.54, 1.807) is 0 Å². The monoisotopic (exact) mass is 420 g/mol. The van der Waals surface area contributed by atoms with Gasteiger partial charge in [0.1, 0.15) is 5.60 Å². The molecule has 6 heteroatoms. The molecule has 2 aliphatic rings. The van der Waals surface area contributed by atoms with Gasteiger partial charge in [0.15, 0.2) is 5.54 Å². The van der Waals surface area contributed by atoms with Crippen LogP contribution < -0.4 is 10.0 Å². The van der Waals surface area contributed by atoms with E-state index >= 15 is 0 Å². The van der Waals surface area contributed by atoms with E-state index in [9.17, 15) is 9.00 Å². The number of hydrogen-bond acceptors (Lipinski definition) is 4. The highest BCUT2D eigenvalue weighted by Crippen LogP contribution is 2.56. The third-order valence-electron chi connectivity index (χ3n) is 6.06. The van der Waals surface area contributed by atoms with Crippen molar-refractivity contribution >= 4 is 17.0 Å². The first-order valence-electron chi connectivity index (χ1n) is 10.5. The number of carbonyl (C=O) groups is 1. The van der Waals surface area contributed by atoms with Crippen molar-refractivity contribution in [3.8, 4) is 0 Å². The highest BCUT2D eigenvalue weighted by molar-refractivity contribution is 7.84. The second-order valence-corrected chi connectivity index (χ2v) is 12.6. The number of benzene rings is 1. The Labute approximate surface area is 178 Å². The number of esters is 1. The first-order valence-corrected chi connectivity index (χ1v) is 11.7. The summed E-state index contributed by atoms with van der Waals surface area (Å²) in [5, 5.41) is 3.43. The molecule has 0 bridgehead atoms. The molecule has 3 rings (SSSR count). The number of rotatable bonds is 3. The normalized spacial score (nSPS) is 24.9. The third kappa shape index (κ3) is 4.04. The maximum absolute atomic E-state index is 14.0. The van der Waals surface area contributed by atoms with Gasteiger partial charge in [-0.1, -0.05) is 23.8 Å². The van der Waals surface area contributed by atoms with E-state index in [0.717, 1.165) is 49.0 Å². The van der Waals surface area contributed by atoms with Gasteiger partial charge in [-0.25, -0.2) is 13.7 Å². The molecule has 0 unspecified atom stereocenters. The predicted molar refractivity (Wildman–Crippen MR) is 118 cm³/mol. The maximum atomic E-state index is 14.0. The van der Waals surface area contributed by atoms with E-state index in [2.05, 4.69) is 28.2 Å². The predicted octanol–water partition coefficient (Wildman–Crippen LogP) is 3.51. The SMILES string of the molecule is Cc1ccc2c(c1)[C@@](N[S@](=O)C(C)(C)C)(C(=O)OC(C)(C)C)C1(CCNCC1)C2. The van der Waals surface area contributed by atoms with Crippen molar-refractivity contribution in [3.63, 3.8) is 0 Å². The Hall–Kier alpha value is -1.24. The van der Waals surface area contributed by atoms with Crippen LogP contribution in [0.15, 0.2) is 18.2 Å². The molecule has 1 aliphatic heterocycles. The van der Waals surface area contributed by atoms with Crippen LogP contribution in [0.25, 0.3) is 0 Å². The van der Waals surface area contributed by atoms with Crippen molar-refractivity contribution in [3.05, 3.63) is 34.9 Å². The standard InChI is InChI=1S/C23H36N2O3S/c1-16-8-9-17-15-22(10-12-24-13-11-22)23(18(17)14-16,19(26)28-20(2,3)4)25-29(27)21(5,6)7/h8-9,14,24-25H,10-13,15H2,1-7H3/t23-,29-/m1/s1. The van der Waals surface area contributed by atoms with Crippen LogP contribution in [0, 0.1) is 12.3 Å². The fourth-order valence-electron chi connectivity index (χ4n) is 4.61. The summed E-state index contributed by atoms with van der Waals surface area (Å²) < 4.78 is 22.3. The van der Waals surface area contributed by atoms with Crippen LogP contribution in [0.3, 0.4) is 0 Å². The Morgan fingerprint density at radius 2 is 1.76 bits per heavy atom. The van der Waals surface area contributed by atoms with Crippen molar-refractivity contribution in [2.45, 2.75) is 83.6 Å². The van der Waals surface area contributed by atoms with Gasteiger partial charge >= 0.3 is 5.97 Å². The number of ether oxygens (including phenoxy) is 1. The van der Waals surface area contributed by atoms with E-state index in [4.69, 9.17) is 4.74 Å². The Bertz CT molecular complexity index is 816. The van der Waals surface area contributed by atoms with Gasteiger partial charge in [0.2, 0.25) is 0 Å². The summed E-state index contributed by atoms with van der Waals surface area (Å²) in [6.45, 7) is 15.2. The summed E-state index contributed by atoms with van der Waals surface area (Å²) in [6, 6.07) is 6.31. The zero-order chi connectivity index (χ0) is 21.7. The molecule has 1 aliphatic carbocycles. The van der Waals surface area contributed by atoms with E-state index in [1.165, 1.54) is 0 Å². The van der Waals surface area contributed by atoms with Gasteiger partial charge in [-0.15, -0.1) is 0 Å². The van der Waals surface area contributed by atoms with Gasteiger partial charge in [-0.3, -0.25) is 0 Å². The van der Waals surface area contributed by atoms with Crippen LogP contribution in [-0.4, -0.2) is 33.6 Å². The summed E-state index contributed by atoms with van der Waals surface area (Å²) in [5.74, 6) is -0.311. The van der Waals surface area contributed by atoms with Crippen LogP contribution in [0.1, 0.15) is 71.1 Å². The number of piperidine rings is 1. The number of carbonyl (C=O) groups excluding carboxylic acids is 1. The number of hydrogen-bond donors (Lipinski definition) is 2. The molecule has 5 nitrogen and oxygen atoms in total. The van der Waals surface area contributed by atoms with E-state index in [1.807, 2.05) is 48.5 Å².